The standard InChI is InChI=1S/C11H16O/c1-8(12)10-6-5-9-3-2-4-11(9)7-10/h5,10-11H,2-4,6-7H2,1H3/t10-,11-/m0/s1. The van der Waals surface area contributed by atoms with E-state index in [-0.39, 0.29) is 0 Å². The number of hydrogen-bond acceptors (Lipinski definition) is 1. The fourth-order valence-electron chi connectivity index (χ4n) is 2.55. The molecule has 0 aromatic rings. The Morgan fingerprint density at radius 3 is 3.17 bits per heavy atom. The van der Waals surface area contributed by atoms with Gasteiger partial charge in [-0.1, -0.05) is 11.6 Å². The number of ketones is 1. The number of allylic oxidation sites excluding steroid dienone is 2. The Bertz CT molecular complexity index is 227. The average molecular weight is 164 g/mol. The van der Waals surface area contributed by atoms with Crippen molar-refractivity contribution in [3.05, 3.63) is 11.6 Å². The van der Waals surface area contributed by atoms with Crippen LogP contribution in [0.15, 0.2) is 11.6 Å². The maximum absolute atomic E-state index is 11.2. The molecule has 0 amide bonds. The van der Waals surface area contributed by atoms with Gasteiger partial charge in [0.25, 0.3) is 0 Å². The van der Waals surface area contributed by atoms with Gasteiger partial charge in [0.1, 0.15) is 5.78 Å². The molecule has 0 saturated heterocycles. The van der Waals surface area contributed by atoms with Crippen LogP contribution >= 0.6 is 0 Å². The van der Waals surface area contributed by atoms with Crippen molar-refractivity contribution in [3.8, 4) is 0 Å². The van der Waals surface area contributed by atoms with Crippen LogP contribution in [0.2, 0.25) is 0 Å². The van der Waals surface area contributed by atoms with Crippen molar-refractivity contribution in [1.82, 2.24) is 0 Å². The first-order chi connectivity index (χ1) is 5.77. The van der Waals surface area contributed by atoms with E-state index in [9.17, 15) is 4.79 Å². The van der Waals surface area contributed by atoms with Crippen molar-refractivity contribution < 1.29 is 4.79 Å². The molecule has 1 nitrogen and oxygen atoms in total. The molecule has 12 heavy (non-hydrogen) atoms. The van der Waals surface area contributed by atoms with Gasteiger partial charge in [-0.3, -0.25) is 4.79 Å². The second-order valence-corrected chi connectivity index (χ2v) is 4.15. The van der Waals surface area contributed by atoms with Crippen LogP contribution in [0.4, 0.5) is 0 Å². The average Bonchev–Trinajstić information content (AvgIpc) is 2.49. The third kappa shape index (κ3) is 1.33. The van der Waals surface area contributed by atoms with E-state index >= 15 is 0 Å². The number of hydrogen-bond donors (Lipinski definition) is 0. The van der Waals surface area contributed by atoms with E-state index in [0.29, 0.717) is 11.7 Å². The van der Waals surface area contributed by atoms with Crippen LogP contribution in [0.3, 0.4) is 0 Å². The minimum Gasteiger partial charge on any atom is -0.300 e. The molecule has 0 spiro atoms. The Hall–Kier alpha value is -0.590. The molecule has 0 aromatic heterocycles. The molecular formula is C11H16O. The summed E-state index contributed by atoms with van der Waals surface area (Å²) in [5.41, 5.74) is 1.65. The summed E-state index contributed by atoms with van der Waals surface area (Å²) in [6.07, 6.45) is 8.46. The molecule has 0 aliphatic heterocycles. The summed E-state index contributed by atoms with van der Waals surface area (Å²) >= 11 is 0. The number of carbonyl (C=O) groups is 1. The van der Waals surface area contributed by atoms with Crippen LogP contribution in [-0.2, 0) is 4.79 Å². The first kappa shape index (κ1) is 8.03. The van der Waals surface area contributed by atoms with Crippen molar-refractivity contribution in [2.45, 2.75) is 39.0 Å². The van der Waals surface area contributed by atoms with E-state index in [1.54, 1.807) is 12.5 Å². The summed E-state index contributed by atoms with van der Waals surface area (Å²) in [5.74, 6) is 1.50. The van der Waals surface area contributed by atoms with Crippen molar-refractivity contribution in [2.24, 2.45) is 11.8 Å². The topological polar surface area (TPSA) is 17.1 Å². The molecule has 66 valence electrons. The number of fused-ring (bicyclic) bond motifs is 1. The molecule has 0 radical (unpaired) electrons. The lowest BCUT2D eigenvalue weighted by Gasteiger charge is -2.23. The van der Waals surface area contributed by atoms with Gasteiger partial charge in [-0.15, -0.1) is 0 Å². The van der Waals surface area contributed by atoms with E-state index < -0.39 is 0 Å². The highest BCUT2D eigenvalue weighted by molar-refractivity contribution is 5.78. The molecule has 0 unspecified atom stereocenters. The molecule has 0 bridgehead atoms. The third-order valence-corrected chi connectivity index (χ3v) is 3.35. The van der Waals surface area contributed by atoms with Gasteiger partial charge < -0.3 is 0 Å². The summed E-state index contributed by atoms with van der Waals surface area (Å²) in [6.45, 7) is 1.73. The van der Waals surface area contributed by atoms with Crippen molar-refractivity contribution in [1.29, 1.82) is 0 Å². The molecular weight excluding hydrogens is 148 g/mol. The van der Waals surface area contributed by atoms with Gasteiger partial charge in [-0.2, -0.15) is 0 Å². The quantitative estimate of drug-likeness (QED) is 0.544. The zero-order valence-electron chi connectivity index (χ0n) is 7.68. The molecule has 0 heterocycles. The van der Waals surface area contributed by atoms with Crippen molar-refractivity contribution in [2.75, 3.05) is 0 Å². The maximum atomic E-state index is 11.2. The zero-order valence-corrected chi connectivity index (χ0v) is 7.68. The van der Waals surface area contributed by atoms with Crippen LogP contribution in [0.5, 0.6) is 0 Å². The van der Waals surface area contributed by atoms with Crippen LogP contribution in [0.1, 0.15) is 39.0 Å². The van der Waals surface area contributed by atoms with Gasteiger partial charge in [0, 0.05) is 5.92 Å². The molecule has 0 N–H and O–H groups in total. The lowest BCUT2D eigenvalue weighted by molar-refractivity contribution is -0.121. The predicted molar refractivity (Wildman–Crippen MR) is 48.8 cm³/mol. The van der Waals surface area contributed by atoms with Gasteiger partial charge in [0.15, 0.2) is 0 Å². The maximum Gasteiger partial charge on any atom is 0.133 e. The Morgan fingerprint density at radius 2 is 2.42 bits per heavy atom. The van der Waals surface area contributed by atoms with Crippen LogP contribution in [-0.4, -0.2) is 5.78 Å². The highest BCUT2D eigenvalue weighted by Crippen LogP contribution is 2.40. The molecule has 2 aliphatic carbocycles. The minimum absolute atomic E-state index is 0.344. The van der Waals surface area contributed by atoms with Crippen molar-refractivity contribution in [3.63, 3.8) is 0 Å². The Morgan fingerprint density at radius 1 is 1.58 bits per heavy atom. The third-order valence-electron chi connectivity index (χ3n) is 3.35. The van der Waals surface area contributed by atoms with E-state index in [1.165, 1.54) is 19.3 Å². The monoisotopic (exact) mass is 164 g/mol. The van der Waals surface area contributed by atoms with E-state index in [4.69, 9.17) is 0 Å². The number of carbonyl (C=O) groups excluding carboxylic acids is 1. The molecule has 2 aliphatic rings. The van der Waals surface area contributed by atoms with Crippen LogP contribution in [0, 0.1) is 11.8 Å². The first-order valence-corrected chi connectivity index (χ1v) is 4.96. The van der Waals surface area contributed by atoms with Crippen molar-refractivity contribution >= 4 is 5.78 Å². The van der Waals surface area contributed by atoms with Gasteiger partial charge >= 0.3 is 0 Å². The van der Waals surface area contributed by atoms with Gasteiger partial charge in [-0.05, 0) is 44.9 Å². The predicted octanol–water partition coefficient (Wildman–Crippen LogP) is 2.71. The molecule has 2 rings (SSSR count). The molecule has 1 saturated carbocycles. The number of rotatable bonds is 1. The zero-order chi connectivity index (χ0) is 8.55. The van der Waals surface area contributed by atoms with Gasteiger partial charge in [-0.25, -0.2) is 0 Å². The fraction of sp³-hybridized carbons (Fsp3) is 0.727. The summed E-state index contributed by atoms with van der Waals surface area (Å²) in [6, 6.07) is 0. The van der Waals surface area contributed by atoms with Gasteiger partial charge in [0.05, 0.1) is 0 Å². The Labute approximate surface area is 73.8 Å². The minimum atomic E-state index is 0.344. The summed E-state index contributed by atoms with van der Waals surface area (Å²) < 4.78 is 0. The molecule has 0 aromatic carbocycles. The fourth-order valence-corrected chi connectivity index (χ4v) is 2.55. The summed E-state index contributed by atoms with van der Waals surface area (Å²) in [5, 5.41) is 0. The Kier molecular flexibility index (Phi) is 2.03. The summed E-state index contributed by atoms with van der Waals surface area (Å²) in [7, 11) is 0. The Balaban J connectivity index is 2.08. The largest absolute Gasteiger partial charge is 0.300 e. The highest BCUT2D eigenvalue weighted by Gasteiger charge is 2.29. The second-order valence-electron chi connectivity index (χ2n) is 4.15. The second kappa shape index (κ2) is 3.04. The molecule has 1 heteroatoms. The van der Waals surface area contributed by atoms with Crippen LogP contribution in [0.25, 0.3) is 0 Å². The van der Waals surface area contributed by atoms with E-state index in [1.807, 2.05) is 0 Å². The van der Waals surface area contributed by atoms with Gasteiger partial charge in [0.2, 0.25) is 0 Å². The molecule has 2 atom stereocenters. The van der Waals surface area contributed by atoms with Crippen LogP contribution < -0.4 is 0 Å². The summed E-state index contributed by atoms with van der Waals surface area (Å²) in [4.78, 5) is 11.2. The SMILES string of the molecule is CC(=O)[C@H]1CC=C2CCC[C@H]2C1. The van der Waals surface area contributed by atoms with E-state index in [0.717, 1.165) is 18.8 Å². The highest BCUT2D eigenvalue weighted by atomic mass is 16.1. The van der Waals surface area contributed by atoms with E-state index in [2.05, 4.69) is 6.08 Å². The number of Topliss-reactive ketones (excluding diaryl/α,β-unsaturated/α-hetero) is 1. The normalized spacial score (nSPS) is 34.2. The first-order valence-electron chi connectivity index (χ1n) is 4.96. The lowest BCUT2D eigenvalue weighted by atomic mass is 9.81. The smallest absolute Gasteiger partial charge is 0.133 e. The molecule has 1 fully saturated rings. The lowest BCUT2D eigenvalue weighted by Crippen LogP contribution is -2.18.